The van der Waals surface area contributed by atoms with Gasteiger partial charge in [0.2, 0.25) is 5.88 Å². The summed E-state index contributed by atoms with van der Waals surface area (Å²) in [5.41, 5.74) is 0.266. The number of likely N-dealkylation sites (N-methyl/N-ethyl adjacent to an activating group) is 1. The number of aryl methyl sites for hydroxylation is 1. The molecule has 0 aromatic carbocycles. The maximum atomic E-state index is 13.0. The first-order chi connectivity index (χ1) is 11.5. The van der Waals surface area contributed by atoms with Crippen LogP contribution in [-0.2, 0) is 13.1 Å². The lowest BCUT2D eigenvalue weighted by Gasteiger charge is -2.37. The molecule has 0 saturated heterocycles. The Hall–Kier alpha value is -2.55. The lowest BCUT2D eigenvalue weighted by molar-refractivity contribution is 0.0535. The van der Waals surface area contributed by atoms with Crippen LogP contribution >= 0.6 is 0 Å². The van der Waals surface area contributed by atoms with Crippen LogP contribution in [-0.4, -0.2) is 74.2 Å². The van der Waals surface area contributed by atoms with E-state index in [4.69, 9.17) is 4.74 Å². The second-order valence-corrected chi connectivity index (χ2v) is 6.07. The third-order valence-electron chi connectivity index (χ3n) is 4.04. The molecule has 3 rings (SSSR count). The van der Waals surface area contributed by atoms with E-state index < -0.39 is 0 Å². The monoisotopic (exact) mass is 331 g/mol. The second kappa shape index (κ2) is 6.52. The van der Waals surface area contributed by atoms with Crippen LogP contribution in [0.5, 0.6) is 5.88 Å². The molecule has 1 atom stereocenters. The first-order valence-electron chi connectivity index (χ1n) is 7.70. The number of hydrogen-bond donors (Lipinski definition) is 0. The molecule has 3 heterocycles. The van der Waals surface area contributed by atoms with Gasteiger partial charge in [-0.2, -0.15) is 0 Å². The minimum absolute atomic E-state index is 0.00250. The van der Waals surface area contributed by atoms with Gasteiger partial charge in [-0.3, -0.25) is 9.78 Å². The van der Waals surface area contributed by atoms with E-state index in [0.29, 0.717) is 19.0 Å². The van der Waals surface area contributed by atoms with E-state index in [1.54, 1.807) is 4.90 Å². The van der Waals surface area contributed by atoms with Gasteiger partial charge in [0.15, 0.2) is 11.5 Å². The fourth-order valence-corrected chi connectivity index (χ4v) is 2.88. The number of amides is 1. The SMILES string of the molecule is COc1cncc(C(=O)N2Cc3nnc(C)n3CC2CN(C)C)n1. The molecule has 0 saturated carbocycles. The minimum atomic E-state index is -0.180. The third-order valence-corrected chi connectivity index (χ3v) is 4.04. The van der Waals surface area contributed by atoms with Gasteiger partial charge in [0, 0.05) is 13.1 Å². The largest absolute Gasteiger partial charge is 0.480 e. The Kier molecular flexibility index (Phi) is 4.43. The molecule has 2 aromatic heterocycles. The average molecular weight is 331 g/mol. The van der Waals surface area contributed by atoms with Crippen LogP contribution in [0, 0.1) is 6.92 Å². The molecular formula is C15H21N7O2. The summed E-state index contributed by atoms with van der Waals surface area (Å²) in [5, 5.41) is 8.29. The summed E-state index contributed by atoms with van der Waals surface area (Å²) in [7, 11) is 5.48. The fourth-order valence-electron chi connectivity index (χ4n) is 2.88. The molecule has 128 valence electrons. The quantitative estimate of drug-likeness (QED) is 0.777. The summed E-state index contributed by atoms with van der Waals surface area (Å²) in [5.74, 6) is 1.79. The molecular weight excluding hydrogens is 310 g/mol. The highest BCUT2D eigenvalue weighted by molar-refractivity contribution is 5.92. The Morgan fingerprint density at radius 3 is 2.88 bits per heavy atom. The lowest BCUT2D eigenvalue weighted by Crippen LogP contribution is -2.51. The standard InChI is InChI=1S/C15H21N7O2/c1-10-18-19-13-9-22(11(7-20(2)3)8-21(10)13)15(23)12-5-16-6-14(17-12)24-4/h5-6,11H,7-9H2,1-4H3. The number of methoxy groups -OCH3 is 1. The summed E-state index contributed by atoms with van der Waals surface area (Å²) >= 11 is 0. The zero-order valence-electron chi connectivity index (χ0n) is 14.3. The molecule has 0 radical (unpaired) electrons. The van der Waals surface area contributed by atoms with Crippen molar-refractivity contribution in [3.05, 3.63) is 29.7 Å². The molecule has 1 aliphatic heterocycles. The number of hydrogen-bond acceptors (Lipinski definition) is 7. The molecule has 1 aliphatic rings. The maximum absolute atomic E-state index is 13.0. The highest BCUT2D eigenvalue weighted by atomic mass is 16.5. The van der Waals surface area contributed by atoms with E-state index in [0.717, 1.165) is 18.2 Å². The molecule has 9 heteroatoms. The number of ether oxygens (including phenoxy) is 1. The molecule has 2 aromatic rings. The van der Waals surface area contributed by atoms with Crippen LogP contribution < -0.4 is 4.74 Å². The van der Waals surface area contributed by atoms with Crippen molar-refractivity contribution in [2.45, 2.75) is 26.1 Å². The fraction of sp³-hybridized carbons (Fsp3) is 0.533. The Morgan fingerprint density at radius 2 is 2.17 bits per heavy atom. The van der Waals surface area contributed by atoms with E-state index in [1.165, 1.54) is 19.5 Å². The number of rotatable bonds is 4. The smallest absolute Gasteiger partial charge is 0.274 e. The van der Waals surface area contributed by atoms with Gasteiger partial charge in [-0.1, -0.05) is 0 Å². The zero-order valence-corrected chi connectivity index (χ0v) is 14.3. The zero-order chi connectivity index (χ0) is 17.3. The van der Waals surface area contributed by atoms with Crippen molar-refractivity contribution in [2.24, 2.45) is 0 Å². The Balaban J connectivity index is 1.92. The molecule has 9 nitrogen and oxygen atoms in total. The van der Waals surface area contributed by atoms with Crippen LogP contribution in [0.15, 0.2) is 12.4 Å². The van der Waals surface area contributed by atoms with E-state index in [1.807, 2.05) is 21.0 Å². The molecule has 24 heavy (non-hydrogen) atoms. The Labute approximate surface area is 140 Å². The maximum Gasteiger partial charge on any atom is 0.274 e. The Morgan fingerprint density at radius 1 is 1.38 bits per heavy atom. The molecule has 0 bridgehead atoms. The number of nitrogens with zero attached hydrogens (tertiary/aromatic N) is 7. The summed E-state index contributed by atoms with van der Waals surface area (Å²) < 4.78 is 7.13. The average Bonchev–Trinajstić information content (AvgIpc) is 2.93. The topological polar surface area (TPSA) is 89.3 Å². The number of fused-ring (bicyclic) bond motifs is 1. The molecule has 1 amide bonds. The molecule has 0 fully saturated rings. The van der Waals surface area contributed by atoms with Gasteiger partial charge in [0.1, 0.15) is 5.82 Å². The van der Waals surface area contributed by atoms with E-state index >= 15 is 0 Å². The van der Waals surface area contributed by atoms with Crippen LogP contribution in [0.25, 0.3) is 0 Å². The molecule has 1 unspecified atom stereocenters. The van der Waals surface area contributed by atoms with Crippen LogP contribution in [0.2, 0.25) is 0 Å². The highest BCUT2D eigenvalue weighted by Gasteiger charge is 2.33. The van der Waals surface area contributed by atoms with Crippen molar-refractivity contribution in [1.82, 2.24) is 34.5 Å². The third kappa shape index (κ3) is 3.07. The van der Waals surface area contributed by atoms with Gasteiger partial charge in [0.05, 0.1) is 32.1 Å². The summed E-state index contributed by atoms with van der Waals surface area (Å²) in [4.78, 5) is 25.1. The predicted octanol–water partition coefficient (Wildman–Crippen LogP) is -0.0287. The number of carbonyl (C=O) groups is 1. The van der Waals surface area contributed by atoms with Crippen LogP contribution in [0.1, 0.15) is 22.1 Å². The number of aromatic nitrogens is 5. The summed E-state index contributed by atoms with van der Waals surface area (Å²) in [6, 6.07) is 0.00250. The summed E-state index contributed by atoms with van der Waals surface area (Å²) in [6.45, 7) is 3.72. The van der Waals surface area contributed by atoms with Crippen molar-refractivity contribution < 1.29 is 9.53 Å². The molecule has 0 N–H and O–H groups in total. The van der Waals surface area contributed by atoms with Crippen LogP contribution in [0.4, 0.5) is 0 Å². The number of carbonyl (C=O) groups excluding carboxylic acids is 1. The second-order valence-electron chi connectivity index (χ2n) is 6.07. The minimum Gasteiger partial charge on any atom is -0.480 e. The first kappa shape index (κ1) is 16.3. The molecule has 0 aliphatic carbocycles. The van der Waals surface area contributed by atoms with Gasteiger partial charge in [-0.25, -0.2) is 4.98 Å². The van der Waals surface area contributed by atoms with Gasteiger partial charge < -0.3 is 19.1 Å². The highest BCUT2D eigenvalue weighted by Crippen LogP contribution is 2.20. The van der Waals surface area contributed by atoms with Gasteiger partial charge in [-0.05, 0) is 21.0 Å². The summed E-state index contributed by atoms with van der Waals surface area (Å²) in [6.07, 6.45) is 2.94. The van der Waals surface area contributed by atoms with Crippen molar-refractivity contribution >= 4 is 5.91 Å². The van der Waals surface area contributed by atoms with E-state index in [9.17, 15) is 4.79 Å². The van der Waals surface area contributed by atoms with Gasteiger partial charge in [-0.15, -0.1) is 10.2 Å². The van der Waals surface area contributed by atoms with E-state index in [2.05, 4.69) is 29.6 Å². The van der Waals surface area contributed by atoms with Crippen molar-refractivity contribution in [1.29, 1.82) is 0 Å². The van der Waals surface area contributed by atoms with Crippen molar-refractivity contribution in [3.8, 4) is 5.88 Å². The predicted molar refractivity (Wildman–Crippen MR) is 85.6 cm³/mol. The first-order valence-corrected chi connectivity index (χ1v) is 7.70. The van der Waals surface area contributed by atoms with Gasteiger partial charge in [0.25, 0.3) is 5.91 Å². The van der Waals surface area contributed by atoms with Crippen molar-refractivity contribution in [2.75, 3.05) is 27.7 Å². The van der Waals surface area contributed by atoms with Crippen LogP contribution in [0.3, 0.4) is 0 Å². The van der Waals surface area contributed by atoms with E-state index in [-0.39, 0.29) is 17.6 Å². The van der Waals surface area contributed by atoms with Gasteiger partial charge >= 0.3 is 0 Å². The Bertz CT molecular complexity index is 743. The normalized spacial score (nSPS) is 17.0. The molecule has 0 spiro atoms. The van der Waals surface area contributed by atoms with Crippen molar-refractivity contribution in [3.63, 3.8) is 0 Å². The lowest BCUT2D eigenvalue weighted by atomic mass is 10.1.